The SMILES string of the molecule is CN(C(=O)c1ccc(C2SCCS2)cc1)c1nccs1. The Kier molecular flexibility index (Phi) is 4.33. The third-order valence-electron chi connectivity index (χ3n) is 3.06. The van der Waals surface area contributed by atoms with Crippen LogP contribution in [-0.2, 0) is 0 Å². The fourth-order valence-corrected chi connectivity index (χ4v) is 5.46. The third kappa shape index (κ3) is 2.87. The lowest BCUT2D eigenvalue weighted by molar-refractivity contribution is 0.0993. The topological polar surface area (TPSA) is 33.2 Å². The molecule has 1 saturated heterocycles. The van der Waals surface area contributed by atoms with Crippen molar-refractivity contribution < 1.29 is 4.79 Å². The van der Waals surface area contributed by atoms with Gasteiger partial charge in [-0.05, 0) is 17.7 Å². The number of aromatic nitrogens is 1. The lowest BCUT2D eigenvalue weighted by atomic mass is 10.1. The summed E-state index contributed by atoms with van der Waals surface area (Å²) in [4.78, 5) is 18.1. The van der Waals surface area contributed by atoms with Gasteiger partial charge in [-0.3, -0.25) is 9.69 Å². The summed E-state index contributed by atoms with van der Waals surface area (Å²) in [6.45, 7) is 0. The second kappa shape index (κ2) is 6.20. The Morgan fingerprint density at radius 3 is 2.55 bits per heavy atom. The van der Waals surface area contributed by atoms with E-state index in [1.807, 2.05) is 41.0 Å². The summed E-state index contributed by atoms with van der Waals surface area (Å²) in [5, 5.41) is 2.59. The van der Waals surface area contributed by atoms with E-state index in [1.54, 1.807) is 18.1 Å². The lowest BCUT2D eigenvalue weighted by Gasteiger charge is -2.14. The molecular weight excluding hydrogens is 308 g/mol. The van der Waals surface area contributed by atoms with E-state index in [0.29, 0.717) is 10.1 Å². The predicted octanol–water partition coefficient (Wildman–Crippen LogP) is 3.90. The fraction of sp³-hybridized carbons (Fsp3) is 0.286. The first-order valence-electron chi connectivity index (χ1n) is 6.26. The first-order valence-corrected chi connectivity index (χ1v) is 9.24. The Morgan fingerprint density at radius 1 is 1.25 bits per heavy atom. The summed E-state index contributed by atoms with van der Waals surface area (Å²) in [5.41, 5.74) is 2.00. The number of thioether (sulfide) groups is 2. The van der Waals surface area contributed by atoms with Crippen LogP contribution in [0.5, 0.6) is 0 Å². The van der Waals surface area contributed by atoms with Crippen molar-refractivity contribution in [3.63, 3.8) is 0 Å². The van der Waals surface area contributed by atoms with E-state index in [2.05, 4.69) is 17.1 Å². The zero-order chi connectivity index (χ0) is 13.9. The molecule has 1 aliphatic heterocycles. The Morgan fingerprint density at radius 2 is 1.95 bits per heavy atom. The highest BCUT2D eigenvalue weighted by molar-refractivity contribution is 8.19. The molecule has 1 fully saturated rings. The molecule has 2 aromatic rings. The molecule has 3 rings (SSSR count). The first-order chi connectivity index (χ1) is 9.75. The maximum absolute atomic E-state index is 12.4. The van der Waals surface area contributed by atoms with Gasteiger partial charge in [-0.1, -0.05) is 12.1 Å². The van der Waals surface area contributed by atoms with Gasteiger partial charge in [0.05, 0.1) is 4.58 Å². The second-order valence-corrected chi connectivity index (χ2v) is 7.97. The van der Waals surface area contributed by atoms with Gasteiger partial charge in [0.1, 0.15) is 0 Å². The minimum Gasteiger partial charge on any atom is -0.287 e. The van der Waals surface area contributed by atoms with Crippen molar-refractivity contribution in [1.82, 2.24) is 4.98 Å². The molecule has 0 aliphatic carbocycles. The van der Waals surface area contributed by atoms with Gasteiger partial charge in [0.2, 0.25) is 0 Å². The van der Waals surface area contributed by atoms with Gasteiger partial charge >= 0.3 is 0 Å². The number of carbonyl (C=O) groups excluding carboxylic acids is 1. The zero-order valence-corrected chi connectivity index (χ0v) is 13.4. The molecule has 1 aromatic heterocycles. The molecule has 20 heavy (non-hydrogen) atoms. The molecule has 1 aliphatic rings. The van der Waals surface area contributed by atoms with Crippen molar-refractivity contribution >= 4 is 45.9 Å². The second-order valence-electron chi connectivity index (χ2n) is 4.37. The molecule has 0 N–H and O–H groups in total. The van der Waals surface area contributed by atoms with Gasteiger partial charge in [-0.25, -0.2) is 4.98 Å². The first kappa shape index (κ1) is 14.0. The van der Waals surface area contributed by atoms with Crippen LogP contribution in [0.15, 0.2) is 35.8 Å². The summed E-state index contributed by atoms with van der Waals surface area (Å²) in [5.74, 6) is 2.41. The monoisotopic (exact) mass is 322 g/mol. The average Bonchev–Trinajstić information content (AvgIpc) is 3.18. The standard InChI is InChI=1S/C14H14N2OS3/c1-16(14-15-6-7-20-14)12(17)10-2-4-11(5-3-10)13-18-8-9-19-13/h2-7,13H,8-9H2,1H3. The van der Waals surface area contributed by atoms with Crippen molar-refractivity contribution in [2.45, 2.75) is 4.58 Å². The van der Waals surface area contributed by atoms with Crippen LogP contribution in [0.25, 0.3) is 0 Å². The van der Waals surface area contributed by atoms with Crippen molar-refractivity contribution in [2.75, 3.05) is 23.5 Å². The molecule has 0 spiro atoms. The van der Waals surface area contributed by atoms with Crippen LogP contribution < -0.4 is 4.90 Å². The molecule has 1 amide bonds. The average molecular weight is 322 g/mol. The van der Waals surface area contributed by atoms with Gasteiger partial charge in [0.15, 0.2) is 5.13 Å². The van der Waals surface area contributed by atoms with Crippen LogP contribution in [0.2, 0.25) is 0 Å². The minimum absolute atomic E-state index is 0.0155. The number of hydrogen-bond donors (Lipinski definition) is 0. The van der Waals surface area contributed by atoms with E-state index < -0.39 is 0 Å². The summed E-state index contributed by atoms with van der Waals surface area (Å²) in [6, 6.07) is 7.97. The molecule has 3 nitrogen and oxygen atoms in total. The molecule has 6 heteroatoms. The molecule has 0 radical (unpaired) electrons. The van der Waals surface area contributed by atoms with Crippen LogP contribution >= 0.6 is 34.9 Å². The largest absolute Gasteiger partial charge is 0.287 e. The van der Waals surface area contributed by atoms with Crippen LogP contribution in [0.4, 0.5) is 5.13 Å². The normalized spacial score (nSPS) is 15.4. The number of benzene rings is 1. The summed E-state index contributed by atoms with van der Waals surface area (Å²) >= 11 is 5.41. The molecule has 1 aromatic carbocycles. The number of amides is 1. The fourth-order valence-electron chi connectivity index (χ4n) is 2.00. The number of anilines is 1. The van der Waals surface area contributed by atoms with Crippen LogP contribution in [0.1, 0.15) is 20.5 Å². The molecule has 0 atom stereocenters. The quantitative estimate of drug-likeness (QED) is 0.858. The lowest BCUT2D eigenvalue weighted by Crippen LogP contribution is -2.25. The van der Waals surface area contributed by atoms with Crippen molar-refractivity contribution in [2.24, 2.45) is 0 Å². The maximum Gasteiger partial charge on any atom is 0.259 e. The van der Waals surface area contributed by atoms with Gasteiger partial charge in [-0.2, -0.15) is 0 Å². The summed E-state index contributed by atoms with van der Waals surface area (Å²) in [6.07, 6.45) is 1.71. The Balaban J connectivity index is 1.75. The smallest absolute Gasteiger partial charge is 0.259 e. The van der Waals surface area contributed by atoms with E-state index in [1.165, 1.54) is 28.4 Å². The van der Waals surface area contributed by atoms with Crippen LogP contribution in [-0.4, -0.2) is 29.4 Å². The molecular formula is C14H14N2OS3. The number of carbonyl (C=O) groups is 1. The van der Waals surface area contributed by atoms with E-state index >= 15 is 0 Å². The Bertz CT molecular complexity index is 577. The van der Waals surface area contributed by atoms with Crippen molar-refractivity contribution in [1.29, 1.82) is 0 Å². The highest BCUT2D eigenvalue weighted by atomic mass is 32.2. The molecule has 0 bridgehead atoms. The number of nitrogens with zero attached hydrogens (tertiary/aromatic N) is 2. The highest BCUT2D eigenvalue weighted by Gasteiger charge is 2.19. The van der Waals surface area contributed by atoms with E-state index in [9.17, 15) is 4.79 Å². The van der Waals surface area contributed by atoms with Gasteiger partial charge in [0.25, 0.3) is 5.91 Å². The summed E-state index contributed by atoms with van der Waals surface area (Å²) < 4.78 is 0.524. The number of rotatable bonds is 3. The van der Waals surface area contributed by atoms with Gasteiger partial charge in [0, 0.05) is 35.7 Å². The van der Waals surface area contributed by atoms with Gasteiger partial charge in [-0.15, -0.1) is 34.9 Å². The minimum atomic E-state index is -0.0155. The molecule has 104 valence electrons. The zero-order valence-electron chi connectivity index (χ0n) is 11.0. The van der Waals surface area contributed by atoms with Crippen LogP contribution in [0.3, 0.4) is 0 Å². The summed E-state index contributed by atoms with van der Waals surface area (Å²) in [7, 11) is 1.76. The third-order valence-corrected chi connectivity index (χ3v) is 7.01. The van der Waals surface area contributed by atoms with E-state index in [-0.39, 0.29) is 5.91 Å². The number of thiazole rings is 1. The Labute approximate surface area is 130 Å². The predicted molar refractivity (Wildman–Crippen MR) is 88.9 cm³/mol. The van der Waals surface area contributed by atoms with E-state index in [4.69, 9.17) is 0 Å². The van der Waals surface area contributed by atoms with Crippen molar-refractivity contribution in [3.8, 4) is 0 Å². The highest BCUT2D eigenvalue weighted by Crippen LogP contribution is 2.45. The Hall–Kier alpha value is -0.980. The number of hydrogen-bond acceptors (Lipinski definition) is 5. The van der Waals surface area contributed by atoms with E-state index in [0.717, 1.165) is 5.13 Å². The van der Waals surface area contributed by atoms with Gasteiger partial charge < -0.3 is 0 Å². The molecule has 0 saturated carbocycles. The molecule has 0 unspecified atom stereocenters. The van der Waals surface area contributed by atoms with Crippen molar-refractivity contribution in [3.05, 3.63) is 47.0 Å². The molecule has 2 heterocycles. The maximum atomic E-state index is 12.4. The van der Waals surface area contributed by atoms with Crippen LogP contribution in [0, 0.1) is 0 Å².